The third kappa shape index (κ3) is 4.60. The largest absolute Gasteiger partial charge is 0.368 e. The highest BCUT2D eigenvalue weighted by Gasteiger charge is 2.46. The van der Waals surface area contributed by atoms with Crippen molar-refractivity contribution >= 4 is 35.2 Å². The summed E-state index contributed by atoms with van der Waals surface area (Å²) in [6.07, 6.45) is 2.41. The van der Waals surface area contributed by atoms with Crippen molar-refractivity contribution < 1.29 is 24.0 Å². The Morgan fingerprint density at radius 1 is 1.00 bits per heavy atom. The number of rotatable bonds is 6. The van der Waals surface area contributed by atoms with E-state index in [0.29, 0.717) is 42.9 Å². The number of nitrogens with two attached hydrogens (primary N) is 1. The van der Waals surface area contributed by atoms with Crippen molar-refractivity contribution in [3.05, 3.63) is 29.3 Å². The molecule has 0 aromatic heterocycles. The van der Waals surface area contributed by atoms with Crippen LogP contribution in [0.1, 0.15) is 52.8 Å². The minimum absolute atomic E-state index is 0.0931. The van der Waals surface area contributed by atoms with Crippen molar-refractivity contribution in [3.8, 4) is 0 Å². The number of piperazine rings is 1. The van der Waals surface area contributed by atoms with Gasteiger partial charge in [-0.25, -0.2) is 0 Å². The molecule has 1 aromatic rings. The lowest BCUT2D eigenvalue weighted by atomic mass is 10.0. The lowest BCUT2D eigenvalue weighted by molar-refractivity contribution is -0.136. The fraction of sp³-hybridized carbons (Fsp3) is 0.560. The van der Waals surface area contributed by atoms with E-state index in [9.17, 15) is 24.0 Å². The quantitative estimate of drug-likeness (QED) is 0.506. The van der Waals surface area contributed by atoms with Crippen LogP contribution in [0, 0.1) is 0 Å². The lowest BCUT2D eigenvalue weighted by Gasteiger charge is -2.36. The van der Waals surface area contributed by atoms with Crippen LogP contribution >= 0.6 is 0 Å². The fourth-order valence-electron chi connectivity index (χ4n) is 5.60. The van der Waals surface area contributed by atoms with Crippen LogP contribution in [0.4, 0.5) is 5.69 Å². The molecule has 5 amide bonds. The first-order valence-corrected chi connectivity index (χ1v) is 12.7. The van der Waals surface area contributed by atoms with Crippen molar-refractivity contribution in [3.63, 3.8) is 0 Å². The van der Waals surface area contributed by atoms with E-state index in [-0.39, 0.29) is 24.8 Å². The molecular formula is C25H32N6O5. The number of hydrogen-bond donors (Lipinski definition) is 2. The summed E-state index contributed by atoms with van der Waals surface area (Å²) in [7, 11) is 0. The van der Waals surface area contributed by atoms with Crippen molar-refractivity contribution in [1.29, 1.82) is 0 Å². The zero-order chi connectivity index (χ0) is 25.4. The maximum absolute atomic E-state index is 13.4. The van der Waals surface area contributed by atoms with Crippen molar-refractivity contribution in [2.45, 2.75) is 44.2 Å². The first kappa shape index (κ1) is 24.4. The molecule has 3 saturated heterocycles. The molecule has 3 fully saturated rings. The molecule has 1 unspecified atom stereocenters. The normalized spacial score (nSPS) is 25.0. The second-order valence-electron chi connectivity index (χ2n) is 9.97. The molecule has 0 aliphatic carbocycles. The van der Waals surface area contributed by atoms with Gasteiger partial charge in [0.25, 0.3) is 11.8 Å². The number of carbonyl (C=O) groups excluding carboxylic acids is 5. The van der Waals surface area contributed by atoms with Gasteiger partial charge in [-0.3, -0.25) is 39.1 Å². The van der Waals surface area contributed by atoms with E-state index in [1.807, 2.05) is 11.0 Å². The van der Waals surface area contributed by atoms with Gasteiger partial charge in [0.05, 0.1) is 16.8 Å². The maximum Gasteiger partial charge on any atom is 0.264 e. The summed E-state index contributed by atoms with van der Waals surface area (Å²) in [4.78, 5) is 69.9. The molecule has 36 heavy (non-hydrogen) atoms. The number of carbonyl (C=O) groups is 5. The van der Waals surface area contributed by atoms with Crippen LogP contribution in [0.5, 0.6) is 0 Å². The van der Waals surface area contributed by atoms with Crippen LogP contribution in [-0.2, 0) is 14.4 Å². The second kappa shape index (κ2) is 9.98. The Labute approximate surface area is 209 Å². The van der Waals surface area contributed by atoms with Gasteiger partial charge >= 0.3 is 0 Å². The van der Waals surface area contributed by atoms with Gasteiger partial charge in [0.15, 0.2) is 0 Å². The molecule has 2 atom stereocenters. The molecule has 1 aromatic carbocycles. The average molecular weight is 497 g/mol. The number of amides is 5. The molecule has 0 saturated carbocycles. The van der Waals surface area contributed by atoms with E-state index in [4.69, 9.17) is 5.73 Å². The summed E-state index contributed by atoms with van der Waals surface area (Å²) in [5, 5.41) is 2.23. The number of nitrogens with one attached hydrogen (secondary N) is 1. The third-order valence-electron chi connectivity index (χ3n) is 7.60. The SMILES string of the molecule is N[C@H]1CCN(C(=O)CCCN2CCN(c3cccc4c3C(=O)N(C3CCC(=O)NC3=O)C4=O)CC2)C1. The maximum atomic E-state index is 13.4. The van der Waals surface area contributed by atoms with Gasteiger partial charge in [0, 0.05) is 58.2 Å². The molecule has 0 radical (unpaired) electrons. The molecule has 11 nitrogen and oxygen atoms in total. The minimum Gasteiger partial charge on any atom is -0.368 e. The predicted molar refractivity (Wildman–Crippen MR) is 130 cm³/mol. The average Bonchev–Trinajstić information content (AvgIpc) is 3.41. The van der Waals surface area contributed by atoms with Crippen LogP contribution < -0.4 is 16.0 Å². The Balaban J connectivity index is 1.19. The van der Waals surface area contributed by atoms with E-state index in [1.165, 1.54) is 0 Å². The smallest absolute Gasteiger partial charge is 0.264 e. The minimum atomic E-state index is -0.973. The van der Waals surface area contributed by atoms with Crippen LogP contribution in [0.3, 0.4) is 0 Å². The number of hydrogen-bond acceptors (Lipinski definition) is 8. The number of fused-ring (bicyclic) bond motifs is 1. The molecule has 4 heterocycles. The van der Waals surface area contributed by atoms with Crippen molar-refractivity contribution in [2.24, 2.45) is 5.73 Å². The summed E-state index contributed by atoms with van der Waals surface area (Å²) in [6, 6.07) is 4.34. The number of imide groups is 2. The Morgan fingerprint density at radius 2 is 1.78 bits per heavy atom. The van der Waals surface area contributed by atoms with E-state index in [2.05, 4.69) is 15.1 Å². The van der Waals surface area contributed by atoms with E-state index in [1.54, 1.807) is 12.1 Å². The van der Waals surface area contributed by atoms with Gasteiger partial charge in [-0.2, -0.15) is 0 Å². The van der Waals surface area contributed by atoms with Gasteiger partial charge < -0.3 is 15.5 Å². The third-order valence-corrected chi connectivity index (χ3v) is 7.60. The Hall–Kier alpha value is -3.31. The zero-order valence-electron chi connectivity index (χ0n) is 20.3. The van der Waals surface area contributed by atoms with Crippen molar-refractivity contribution in [1.82, 2.24) is 20.0 Å². The molecule has 192 valence electrons. The molecule has 0 spiro atoms. The number of anilines is 1. The lowest BCUT2D eigenvalue weighted by Crippen LogP contribution is -2.54. The number of likely N-dealkylation sites (tertiary alicyclic amines) is 1. The van der Waals surface area contributed by atoms with Gasteiger partial charge in [0.2, 0.25) is 17.7 Å². The Morgan fingerprint density at radius 3 is 2.47 bits per heavy atom. The summed E-state index contributed by atoms with van der Waals surface area (Å²) in [6.45, 7) is 5.17. The highest BCUT2D eigenvalue weighted by Crippen LogP contribution is 2.34. The first-order valence-electron chi connectivity index (χ1n) is 12.7. The summed E-state index contributed by atoms with van der Waals surface area (Å²) in [5.74, 6) is -1.81. The molecule has 4 aliphatic heterocycles. The van der Waals surface area contributed by atoms with Gasteiger partial charge in [-0.1, -0.05) is 6.07 Å². The van der Waals surface area contributed by atoms with Gasteiger partial charge in [-0.05, 0) is 37.9 Å². The molecule has 11 heteroatoms. The fourth-order valence-corrected chi connectivity index (χ4v) is 5.60. The molecular weight excluding hydrogens is 464 g/mol. The molecule has 3 N–H and O–H groups in total. The van der Waals surface area contributed by atoms with Crippen LogP contribution in [0.15, 0.2) is 18.2 Å². The highest BCUT2D eigenvalue weighted by molar-refractivity contribution is 6.25. The Bertz CT molecular complexity index is 1100. The second-order valence-corrected chi connectivity index (χ2v) is 9.97. The van der Waals surface area contributed by atoms with Crippen LogP contribution in [0.2, 0.25) is 0 Å². The Kier molecular flexibility index (Phi) is 6.76. The number of nitrogens with zero attached hydrogens (tertiary/aromatic N) is 4. The molecule has 4 aliphatic rings. The molecule has 5 rings (SSSR count). The van der Waals surface area contributed by atoms with Gasteiger partial charge in [0.1, 0.15) is 6.04 Å². The summed E-state index contributed by atoms with van der Waals surface area (Å²) >= 11 is 0. The zero-order valence-corrected chi connectivity index (χ0v) is 20.3. The van der Waals surface area contributed by atoms with E-state index < -0.39 is 29.7 Å². The predicted octanol–water partition coefficient (Wildman–Crippen LogP) is -0.450. The standard InChI is InChI=1S/C25H32N6O5/c26-16-8-10-30(15-16)21(33)5-2-9-28-11-13-29(14-12-28)18-4-1-3-17-22(18)25(36)31(24(17)35)19-6-7-20(32)27-23(19)34/h1,3-4,16,19H,2,5-15,26H2,(H,27,32,34)/t16-,19?/m0/s1. The topological polar surface area (TPSA) is 136 Å². The first-order chi connectivity index (χ1) is 17.3. The monoisotopic (exact) mass is 496 g/mol. The molecule has 0 bridgehead atoms. The van der Waals surface area contributed by atoms with Crippen LogP contribution in [-0.4, -0.2) is 102 Å². The summed E-state index contributed by atoms with van der Waals surface area (Å²) in [5.41, 5.74) is 7.22. The van der Waals surface area contributed by atoms with Crippen LogP contribution in [0.25, 0.3) is 0 Å². The number of benzene rings is 1. The van der Waals surface area contributed by atoms with Gasteiger partial charge in [-0.15, -0.1) is 0 Å². The number of piperidine rings is 1. The summed E-state index contributed by atoms with van der Waals surface area (Å²) < 4.78 is 0. The van der Waals surface area contributed by atoms with E-state index >= 15 is 0 Å². The highest BCUT2D eigenvalue weighted by atomic mass is 16.2. The van der Waals surface area contributed by atoms with E-state index in [0.717, 1.165) is 43.9 Å². The van der Waals surface area contributed by atoms with Crippen molar-refractivity contribution in [2.75, 3.05) is 50.7 Å².